The van der Waals surface area contributed by atoms with E-state index in [0.717, 1.165) is 7.05 Å². The van der Waals surface area contributed by atoms with Crippen LogP contribution in [-0.4, -0.2) is 9.78 Å². The van der Waals surface area contributed by atoms with E-state index in [9.17, 15) is 18.3 Å². The molecule has 1 aromatic rings. The standard InChI is InChI=1S/C5H5F3N2O.K/c1-10-4(11)2-3(9-10)5(6,7)8;/h2,11H,1H3;/q;+1/p-1. The Labute approximate surface area is 109 Å². The minimum Gasteiger partial charge on any atom is -0.859 e. The number of halogens is 3. The molecule has 0 bridgehead atoms. The summed E-state index contributed by atoms with van der Waals surface area (Å²) in [7, 11) is 1.16. The fourth-order valence-corrected chi connectivity index (χ4v) is 0.589. The number of hydrogen-bond acceptors (Lipinski definition) is 2. The van der Waals surface area contributed by atoms with Crippen LogP contribution < -0.4 is 56.5 Å². The van der Waals surface area contributed by atoms with Crippen LogP contribution in [0, 0.1) is 0 Å². The maximum absolute atomic E-state index is 11.8. The second-order valence-electron chi connectivity index (χ2n) is 1.99. The van der Waals surface area contributed by atoms with Crippen LogP contribution in [0.25, 0.3) is 0 Å². The first-order valence-corrected chi connectivity index (χ1v) is 2.69. The maximum atomic E-state index is 11.8. The summed E-state index contributed by atoms with van der Waals surface area (Å²) in [6.07, 6.45) is -4.53. The van der Waals surface area contributed by atoms with E-state index in [1.807, 2.05) is 0 Å². The molecule has 1 aromatic heterocycles. The molecule has 0 spiro atoms. The monoisotopic (exact) mass is 204 g/mol. The van der Waals surface area contributed by atoms with Crippen molar-refractivity contribution in [1.29, 1.82) is 0 Å². The Morgan fingerprint density at radius 3 is 2.17 bits per heavy atom. The molecule has 0 amide bonds. The van der Waals surface area contributed by atoms with Crippen molar-refractivity contribution in [3.63, 3.8) is 0 Å². The molecule has 1 rings (SSSR count). The van der Waals surface area contributed by atoms with Gasteiger partial charge in [0, 0.05) is 7.05 Å². The van der Waals surface area contributed by atoms with Crippen LogP contribution in [0.2, 0.25) is 0 Å². The van der Waals surface area contributed by atoms with E-state index >= 15 is 0 Å². The van der Waals surface area contributed by atoms with E-state index in [1.54, 1.807) is 0 Å². The molecule has 0 aliphatic heterocycles. The van der Waals surface area contributed by atoms with Gasteiger partial charge >= 0.3 is 57.6 Å². The van der Waals surface area contributed by atoms with Gasteiger partial charge in [0.15, 0.2) is 5.69 Å². The van der Waals surface area contributed by atoms with Crippen molar-refractivity contribution in [2.24, 2.45) is 7.05 Å². The molecule has 0 N–H and O–H groups in total. The topological polar surface area (TPSA) is 40.9 Å². The van der Waals surface area contributed by atoms with Crippen molar-refractivity contribution in [3.05, 3.63) is 11.8 Å². The Morgan fingerprint density at radius 1 is 1.50 bits per heavy atom. The second-order valence-corrected chi connectivity index (χ2v) is 1.99. The van der Waals surface area contributed by atoms with E-state index < -0.39 is 17.8 Å². The molecular weight excluding hydrogens is 200 g/mol. The fourth-order valence-electron chi connectivity index (χ4n) is 0.589. The van der Waals surface area contributed by atoms with Gasteiger partial charge in [0.2, 0.25) is 0 Å². The van der Waals surface area contributed by atoms with Crippen LogP contribution in [0.3, 0.4) is 0 Å². The summed E-state index contributed by atoms with van der Waals surface area (Å²) >= 11 is 0. The number of hydrogen-bond donors (Lipinski definition) is 0. The van der Waals surface area contributed by atoms with Crippen LogP contribution in [-0.2, 0) is 13.2 Å². The summed E-state index contributed by atoms with van der Waals surface area (Å²) in [5.41, 5.74) is -1.15. The van der Waals surface area contributed by atoms with E-state index in [1.165, 1.54) is 0 Å². The molecular formula is C5H4F3KN2O. The molecule has 0 radical (unpaired) electrons. The Hall–Kier alpha value is 0.436. The van der Waals surface area contributed by atoms with Gasteiger partial charge in [0.25, 0.3) is 0 Å². The second kappa shape index (κ2) is 4.10. The smallest absolute Gasteiger partial charge is 0.859 e. The summed E-state index contributed by atoms with van der Waals surface area (Å²) in [6.45, 7) is 0. The zero-order valence-electron chi connectivity index (χ0n) is 6.51. The third-order valence-corrected chi connectivity index (χ3v) is 1.13. The van der Waals surface area contributed by atoms with Crippen LogP contribution in [0.5, 0.6) is 5.88 Å². The summed E-state index contributed by atoms with van der Waals surface area (Å²) in [4.78, 5) is 0. The molecule has 0 aliphatic carbocycles. The van der Waals surface area contributed by atoms with Crippen molar-refractivity contribution >= 4 is 0 Å². The van der Waals surface area contributed by atoms with Gasteiger partial charge in [-0.1, -0.05) is 0 Å². The van der Waals surface area contributed by atoms with Gasteiger partial charge in [0.05, 0.1) is 0 Å². The summed E-state index contributed by atoms with van der Waals surface area (Å²) in [6, 6.07) is 0.458. The largest absolute Gasteiger partial charge is 1.00 e. The molecule has 7 heteroatoms. The third-order valence-electron chi connectivity index (χ3n) is 1.13. The molecule has 0 aromatic carbocycles. The van der Waals surface area contributed by atoms with Gasteiger partial charge in [-0.15, -0.1) is 0 Å². The number of aryl methyl sites for hydroxylation is 1. The molecule has 0 aliphatic rings. The first kappa shape index (κ1) is 12.4. The zero-order chi connectivity index (χ0) is 8.65. The van der Waals surface area contributed by atoms with Crippen LogP contribution in [0.1, 0.15) is 5.69 Å². The Balaban J connectivity index is 0.00000121. The van der Waals surface area contributed by atoms with E-state index in [0.29, 0.717) is 10.7 Å². The first-order chi connectivity index (χ1) is 4.91. The number of nitrogens with zero attached hydrogens (tertiary/aromatic N) is 2. The van der Waals surface area contributed by atoms with Gasteiger partial charge in [0.1, 0.15) is 0 Å². The molecule has 1 heterocycles. The van der Waals surface area contributed by atoms with Crippen molar-refractivity contribution in [1.82, 2.24) is 9.78 Å². The SMILES string of the molecule is Cn1nc(C(F)(F)F)cc1[O-].[K+]. The predicted octanol–water partition coefficient (Wildman–Crippen LogP) is -2.48. The molecule has 3 nitrogen and oxygen atoms in total. The fraction of sp³-hybridized carbons (Fsp3) is 0.400. The zero-order valence-corrected chi connectivity index (χ0v) is 9.64. The van der Waals surface area contributed by atoms with Crippen molar-refractivity contribution in [3.8, 4) is 5.88 Å². The average Bonchev–Trinajstić information content (AvgIpc) is 2.11. The molecule has 0 atom stereocenters. The quantitative estimate of drug-likeness (QED) is 0.439. The average molecular weight is 204 g/mol. The summed E-state index contributed by atoms with van der Waals surface area (Å²) < 4.78 is 35.9. The van der Waals surface area contributed by atoms with E-state index in [-0.39, 0.29) is 51.4 Å². The number of aromatic nitrogens is 2. The first-order valence-electron chi connectivity index (χ1n) is 2.69. The molecule has 62 valence electrons. The molecule has 0 saturated heterocycles. The minimum absolute atomic E-state index is 0. The van der Waals surface area contributed by atoms with Crippen molar-refractivity contribution < 1.29 is 69.7 Å². The van der Waals surface area contributed by atoms with Crippen LogP contribution in [0.4, 0.5) is 13.2 Å². The van der Waals surface area contributed by atoms with Gasteiger partial charge in [-0.05, 0) is 11.9 Å². The van der Waals surface area contributed by atoms with E-state index in [4.69, 9.17) is 0 Å². The van der Waals surface area contributed by atoms with Crippen molar-refractivity contribution in [2.75, 3.05) is 0 Å². The van der Waals surface area contributed by atoms with Crippen LogP contribution >= 0.6 is 0 Å². The van der Waals surface area contributed by atoms with Gasteiger partial charge in [-0.25, -0.2) is 0 Å². The summed E-state index contributed by atoms with van der Waals surface area (Å²) in [5.74, 6) is -0.752. The minimum atomic E-state index is -4.53. The maximum Gasteiger partial charge on any atom is 1.00 e. The van der Waals surface area contributed by atoms with Gasteiger partial charge in [-0.3, -0.25) is 4.68 Å². The van der Waals surface area contributed by atoms with Crippen LogP contribution in [0.15, 0.2) is 6.07 Å². The van der Waals surface area contributed by atoms with E-state index in [2.05, 4.69) is 5.10 Å². The van der Waals surface area contributed by atoms with Gasteiger partial charge < -0.3 is 5.11 Å². The van der Waals surface area contributed by atoms with Gasteiger partial charge in [-0.2, -0.15) is 18.3 Å². The number of alkyl halides is 3. The Kier molecular flexibility index (Phi) is 4.25. The molecule has 0 saturated carbocycles. The molecule has 0 unspecified atom stereocenters. The Morgan fingerprint density at radius 2 is 2.00 bits per heavy atom. The number of rotatable bonds is 0. The van der Waals surface area contributed by atoms with Crippen molar-refractivity contribution in [2.45, 2.75) is 6.18 Å². The molecule has 0 fully saturated rings. The summed E-state index contributed by atoms with van der Waals surface area (Å²) in [5, 5.41) is 13.4. The normalized spacial score (nSPS) is 11.0. The predicted molar refractivity (Wildman–Crippen MR) is 27.7 cm³/mol. The Bertz CT molecular complexity index is 251. The molecule has 12 heavy (non-hydrogen) atoms. The third kappa shape index (κ3) is 2.73.